The number of ether oxygens (including phenoxy) is 1. The van der Waals surface area contributed by atoms with Crippen molar-refractivity contribution in [3.63, 3.8) is 0 Å². The lowest BCUT2D eigenvalue weighted by Gasteiger charge is -2.28. The molecule has 34 heavy (non-hydrogen) atoms. The molecule has 2 aromatic carbocycles. The number of hydrogen-bond acceptors (Lipinski definition) is 6. The Balaban J connectivity index is 1.36. The zero-order chi connectivity index (χ0) is 22.9. The summed E-state index contributed by atoms with van der Waals surface area (Å²) in [6.07, 6.45) is 2.03. The van der Waals surface area contributed by atoms with E-state index >= 15 is 0 Å². The molecule has 1 saturated heterocycles. The number of hydrogen-bond donors (Lipinski definition) is 1. The van der Waals surface area contributed by atoms with E-state index < -0.39 is 0 Å². The lowest BCUT2D eigenvalue weighted by atomic mass is 10.1. The van der Waals surface area contributed by atoms with Crippen LogP contribution in [0.2, 0.25) is 0 Å². The molecular weight excluding hydrogens is 426 g/mol. The molecule has 0 unspecified atom stereocenters. The van der Waals surface area contributed by atoms with E-state index in [0.717, 1.165) is 46.9 Å². The molecule has 5 aromatic rings. The highest BCUT2D eigenvalue weighted by atomic mass is 16.5. The van der Waals surface area contributed by atoms with Crippen molar-refractivity contribution >= 4 is 28.2 Å². The lowest BCUT2D eigenvalue weighted by molar-refractivity contribution is 0.122. The number of aromatic nitrogens is 4. The first kappa shape index (κ1) is 20.6. The molecular formula is C26H25N7O. The Kier molecular flexibility index (Phi) is 5.27. The fraction of sp³-hybridized carbons (Fsp3) is 0.231. The van der Waals surface area contributed by atoms with Crippen LogP contribution in [0.4, 0.5) is 11.6 Å². The summed E-state index contributed by atoms with van der Waals surface area (Å²) >= 11 is 0. The first-order chi connectivity index (χ1) is 16.8. The molecule has 0 saturated carbocycles. The van der Waals surface area contributed by atoms with E-state index in [2.05, 4.69) is 57.4 Å². The van der Waals surface area contributed by atoms with E-state index in [-0.39, 0.29) is 0 Å². The van der Waals surface area contributed by atoms with Crippen LogP contribution in [0.25, 0.3) is 27.8 Å². The Bertz CT molecular complexity index is 1480. The Hall–Kier alpha value is -4.04. The lowest BCUT2D eigenvalue weighted by Crippen LogP contribution is -2.37. The number of benzene rings is 2. The average Bonchev–Trinajstić information content (AvgIpc) is 3.49. The molecule has 1 aliphatic heterocycles. The van der Waals surface area contributed by atoms with E-state index in [0.29, 0.717) is 25.6 Å². The van der Waals surface area contributed by atoms with Crippen LogP contribution in [0.15, 0.2) is 77.1 Å². The quantitative estimate of drug-likeness (QED) is 0.367. The SMILES string of the molecule is Cc1c[nH]c2c(CN=Nc3cc(N4CCOCC4)n4nc(-c5ccccc5)cc4n3)cccc12. The number of rotatable bonds is 5. The molecule has 0 spiro atoms. The summed E-state index contributed by atoms with van der Waals surface area (Å²) < 4.78 is 7.45. The molecule has 3 aromatic heterocycles. The summed E-state index contributed by atoms with van der Waals surface area (Å²) in [6, 6.07) is 20.4. The third-order valence-electron chi connectivity index (χ3n) is 6.22. The van der Waals surface area contributed by atoms with Crippen LogP contribution in [-0.2, 0) is 11.3 Å². The van der Waals surface area contributed by atoms with Crippen molar-refractivity contribution in [2.75, 3.05) is 31.2 Å². The van der Waals surface area contributed by atoms with E-state index in [1.54, 1.807) is 0 Å². The van der Waals surface area contributed by atoms with Gasteiger partial charge in [-0.05, 0) is 18.1 Å². The predicted molar refractivity (Wildman–Crippen MR) is 133 cm³/mol. The first-order valence-corrected chi connectivity index (χ1v) is 11.5. The summed E-state index contributed by atoms with van der Waals surface area (Å²) in [7, 11) is 0. The van der Waals surface area contributed by atoms with Gasteiger partial charge in [0.05, 0.1) is 31.0 Å². The van der Waals surface area contributed by atoms with Crippen LogP contribution in [0.1, 0.15) is 11.1 Å². The normalized spacial score (nSPS) is 14.6. The molecule has 1 N–H and O–H groups in total. The van der Waals surface area contributed by atoms with Crippen LogP contribution in [0, 0.1) is 6.92 Å². The minimum atomic E-state index is 0.478. The van der Waals surface area contributed by atoms with Crippen LogP contribution in [0.3, 0.4) is 0 Å². The van der Waals surface area contributed by atoms with Crippen molar-refractivity contribution in [2.24, 2.45) is 10.2 Å². The molecule has 170 valence electrons. The molecule has 6 rings (SSSR count). The first-order valence-electron chi connectivity index (χ1n) is 11.5. The van der Waals surface area contributed by atoms with Gasteiger partial charge in [-0.25, -0.2) is 4.98 Å². The van der Waals surface area contributed by atoms with Crippen LogP contribution >= 0.6 is 0 Å². The molecule has 0 atom stereocenters. The van der Waals surface area contributed by atoms with E-state index in [1.807, 2.05) is 41.0 Å². The van der Waals surface area contributed by atoms with Gasteiger partial charge in [0.15, 0.2) is 11.5 Å². The second kappa shape index (κ2) is 8.72. The van der Waals surface area contributed by atoms with Gasteiger partial charge in [0, 0.05) is 42.4 Å². The summed E-state index contributed by atoms with van der Waals surface area (Å²) in [5.74, 6) is 1.52. The molecule has 0 aliphatic carbocycles. The number of morpholine rings is 1. The Morgan fingerprint density at radius 1 is 1.03 bits per heavy atom. The molecule has 8 heteroatoms. The maximum absolute atomic E-state index is 5.56. The van der Waals surface area contributed by atoms with Gasteiger partial charge in [0.2, 0.25) is 0 Å². The number of azo groups is 1. The van der Waals surface area contributed by atoms with Crippen LogP contribution < -0.4 is 4.90 Å². The van der Waals surface area contributed by atoms with E-state index in [4.69, 9.17) is 14.8 Å². The second-order valence-electron chi connectivity index (χ2n) is 8.45. The third-order valence-corrected chi connectivity index (χ3v) is 6.22. The largest absolute Gasteiger partial charge is 0.378 e. The maximum atomic E-state index is 5.56. The van der Waals surface area contributed by atoms with Crippen LogP contribution in [-0.4, -0.2) is 45.9 Å². The fourth-order valence-corrected chi connectivity index (χ4v) is 4.44. The molecule has 1 aliphatic rings. The Labute approximate surface area is 196 Å². The van der Waals surface area contributed by atoms with Crippen molar-refractivity contribution in [1.29, 1.82) is 0 Å². The number of fused-ring (bicyclic) bond motifs is 2. The van der Waals surface area contributed by atoms with E-state index in [1.165, 1.54) is 10.9 Å². The highest BCUT2D eigenvalue weighted by Gasteiger charge is 2.18. The molecule has 0 bridgehead atoms. The smallest absolute Gasteiger partial charge is 0.179 e. The summed E-state index contributed by atoms with van der Waals surface area (Å²) in [5, 5.41) is 15.1. The molecule has 0 radical (unpaired) electrons. The number of H-pyrrole nitrogens is 1. The maximum Gasteiger partial charge on any atom is 0.179 e. The molecule has 8 nitrogen and oxygen atoms in total. The number of aryl methyl sites for hydroxylation is 1. The van der Waals surface area contributed by atoms with Gasteiger partial charge in [-0.3, -0.25) is 0 Å². The average molecular weight is 452 g/mol. The second-order valence-corrected chi connectivity index (χ2v) is 8.45. The van der Waals surface area contributed by atoms with Gasteiger partial charge >= 0.3 is 0 Å². The van der Waals surface area contributed by atoms with Crippen LogP contribution in [0.5, 0.6) is 0 Å². The Morgan fingerprint density at radius 2 is 1.88 bits per heavy atom. The summed E-state index contributed by atoms with van der Waals surface area (Å²) in [5.41, 5.74) is 6.13. The molecule has 4 heterocycles. The highest BCUT2D eigenvalue weighted by molar-refractivity contribution is 5.85. The van der Waals surface area contributed by atoms with Gasteiger partial charge in [0.25, 0.3) is 0 Å². The van der Waals surface area contributed by atoms with Gasteiger partial charge < -0.3 is 14.6 Å². The third kappa shape index (κ3) is 3.82. The molecule has 1 fully saturated rings. The number of para-hydroxylation sites is 1. The van der Waals surface area contributed by atoms with Gasteiger partial charge in [-0.15, -0.1) is 5.11 Å². The topological polar surface area (TPSA) is 83.2 Å². The van der Waals surface area contributed by atoms with Gasteiger partial charge in [0.1, 0.15) is 5.82 Å². The zero-order valence-corrected chi connectivity index (χ0v) is 19.0. The van der Waals surface area contributed by atoms with Gasteiger partial charge in [-0.1, -0.05) is 48.5 Å². The number of anilines is 1. The minimum absolute atomic E-state index is 0.478. The number of aromatic amines is 1. The van der Waals surface area contributed by atoms with Crippen molar-refractivity contribution in [2.45, 2.75) is 13.5 Å². The van der Waals surface area contributed by atoms with Gasteiger partial charge in [-0.2, -0.15) is 14.7 Å². The zero-order valence-electron chi connectivity index (χ0n) is 19.0. The minimum Gasteiger partial charge on any atom is -0.378 e. The fourth-order valence-electron chi connectivity index (χ4n) is 4.44. The number of nitrogens with zero attached hydrogens (tertiary/aromatic N) is 6. The van der Waals surface area contributed by atoms with E-state index in [9.17, 15) is 0 Å². The van der Waals surface area contributed by atoms with Crippen molar-refractivity contribution in [1.82, 2.24) is 19.6 Å². The highest BCUT2D eigenvalue weighted by Crippen LogP contribution is 2.27. The Morgan fingerprint density at radius 3 is 2.74 bits per heavy atom. The van der Waals surface area contributed by atoms with Crippen molar-refractivity contribution < 1.29 is 4.74 Å². The van der Waals surface area contributed by atoms with Crippen molar-refractivity contribution in [3.8, 4) is 11.3 Å². The summed E-state index contributed by atoms with van der Waals surface area (Å²) in [4.78, 5) is 10.4. The summed E-state index contributed by atoms with van der Waals surface area (Å²) in [6.45, 7) is 5.55. The molecule has 0 amide bonds. The number of nitrogens with one attached hydrogen (secondary N) is 1. The predicted octanol–water partition coefficient (Wildman–Crippen LogP) is 5.31. The standard InChI is InChI=1S/C26H25N7O/c1-18-16-27-26-20(8-5-9-21(18)26)17-28-30-23-15-25(32-10-12-34-13-11-32)33-24(29-23)14-22(31-33)19-6-3-2-4-7-19/h2-9,14-16,27H,10-13,17H2,1H3. The monoisotopic (exact) mass is 451 g/mol. The van der Waals surface area contributed by atoms with Crippen molar-refractivity contribution in [3.05, 3.63) is 78.0 Å².